The van der Waals surface area contributed by atoms with Crippen molar-refractivity contribution in [3.63, 3.8) is 0 Å². The van der Waals surface area contributed by atoms with E-state index < -0.39 is 229 Å². The Balaban J connectivity index is 1.40. The summed E-state index contributed by atoms with van der Waals surface area (Å²) in [7, 11) is 0. The van der Waals surface area contributed by atoms with E-state index in [1.54, 1.807) is 0 Å². The highest BCUT2D eigenvalue weighted by atomic mass is 16.8. The van der Waals surface area contributed by atoms with E-state index in [2.05, 4.69) is 10.6 Å². The van der Waals surface area contributed by atoms with E-state index in [0.29, 0.717) is 0 Å². The third-order valence-electron chi connectivity index (χ3n) is 12.8. The molecule has 0 aromatic rings. The summed E-state index contributed by atoms with van der Waals surface area (Å²) in [4.78, 5) is 36.3. The maximum absolute atomic E-state index is 12.6. The van der Waals surface area contributed by atoms with E-state index in [4.69, 9.17) is 47.4 Å². The first-order valence-electron chi connectivity index (χ1n) is 22.9. The fraction of sp³-hybridized carbons (Fsp3) is 0.925. The average Bonchev–Trinajstić information content (AvgIpc) is 3.36. The van der Waals surface area contributed by atoms with Gasteiger partial charge in [-0.3, -0.25) is 9.59 Å². The van der Waals surface area contributed by atoms with Crippen molar-refractivity contribution < 1.29 is 154 Å². The second-order valence-electron chi connectivity index (χ2n) is 17.9. The van der Waals surface area contributed by atoms with Gasteiger partial charge in [-0.25, -0.2) is 0 Å². The SMILES string of the molecule is CC(=O)NC1C(OC2C(O)C(CO)OC(OC(C(O)CO)C(O)C(O)C=O)C2O)OC(CO)C(OC2OC(CO)C(O)C(OC3OC(CO)C(O)C(OC4OC(CO)C(O)C(O)C4O)C3NC(C)=O)C2O)C1O. The molecule has 424 valence electrons. The lowest BCUT2D eigenvalue weighted by Gasteiger charge is -2.51. The minimum atomic E-state index is -2.25. The van der Waals surface area contributed by atoms with Crippen LogP contribution in [0.3, 0.4) is 0 Å². The lowest BCUT2D eigenvalue weighted by molar-refractivity contribution is -0.383. The van der Waals surface area contributed by atoms with Gasteiger partial charge in [0.15, 0.2) is 37.7 Å². The standard InChI is InChI=1S/C40H68N2O31/c1-10(50)41-19-26(59)32(18(9-49)68-36(19)72-34-24(57)16(7-47)66-39(29(34)62)69-31(13(53)4-44)21(54)12(52)3-43)70-40-30(63)35(25(58)17(8-48)67-40)73-37-20(42-11(2)51)33(23(56)15(6-46)64-37)71-38-28(61)27(60)22(55)14(5-45)65-38/h3,12-40,44-49,52-63H,4-9H2,1-2H3,(H,41,50)(H,42,51). The maximum Gasteiger partial charge on any atom is 0.217 e. The van der Waals surface area contributed by atoms with Crippen molar-refractivity contribution in [1.82, 2.24) is 10.6 Å². The van der Waals surface area contributed by atoms with Crippen molar-refractivity contribution in [2.24, 2.45) is 0 Å². The van der Waals surface area contributed by atoms with Gasteiger partial charge in [0.2, 0.25) is 11.8 Å². The molecule has 73 heavy (non-hydrogen) atoms. The number of aldehydes is 1. The van der Waals surface area contributed by atoms with Gasteiger partial charge >= 0.3 is 0 Å². The van der Waals surface area contributed by atoms with Gasteiger partial charge < -0.3 is 155 Å². The molecule has 20 N–H and O–H groups in total. The summed E-state index contributed by atoms with van der Waals surface area (Å²) in [5, 5.41) is 196. The third-order valence-corrected chi connectivity index (χ3v) is 12.8. The second-order valence-corrected chi connectivity index (χ2v) is 17.9. The van der Waals surface area contributed by atoms with Crippen LogP contribution in [0, 0.1) is 0 Å². The average molecular weight is 1070 g/mol. The lowest BCUT2D eigenvalue weighted by Crippen LogP contribution is -2.71. The van der Waals surface area contributed by atoms with Crippen LogP contribution in [0.25, 0.3) is 0 Å². The summed E-state index contributed by atoms with van der Waals surface area (Å²) in [6.45, 7) is -4.21. The number of aliphatic hydroxyl groups excluding tert-OH is 18. The summed E-state index contributed by atoms with van der Waals surface area (Å²) >= 11 is 0. The van der Waals surface area contributed by atoms with Crippen LogP contribution in [0.4, 0.5) is 0 Å². The van der Waals surface area contributed by atoms with Crippen molar-refractivity contribution in [2.45, 2.75) is 192 Å². The van der Waals surface area contributed by atoms with Crippen molar-refractivity contribution >= 4 is 18.1 Å². The molecule has 5 saturated heterocycles. The number of rotatable bonds is 22. The molecule has 33 nitrogen and oxygen atoms in total. The highest BCUT2D eigenvalue weighted by molar-refractivity contribution is 5.73. The fourth-order valence-electron chi connectivity index (χ4n) is 8.86. The summed E-state index contributed by atoms with van der Waals surface area (Å²) < 4.78 is 57.0. The first kappa shape index (κ1) is 61.3. The first-order chi connectivity index (χ1) is 34.5. The predicted octanol–water partition coefficient (Wildman–Crippen LogP) is -14.0. The minimum absolute atomic E-state index is 0.137. The van der Waals surface area contributed by atoms with Crippen molar-refractivity contribution in [3.8, 4) is 0 Å². The van der Waals surface area contributed by atoms with E-state index in [9.17, 15) is 106 Å². The molecule has 5 aliphatic heterocycles. The van der Waals surface area contributed by atoms with E-state index in [1.165, 1.54) is 0 Å². The normalized spacial score (nSPS) is 45.1. The number of amides is 2. The van der Waals surface area contributed by atoms with Gasteiger partial charge in [-0.1, -0.05) is 0 Å². The second kappa shape index (κ2) is 27.2. The van der Waals surface area contributed by atoms with Gasteiger partial charge in [-0.2, -0.15) is 0 Å². The topological polar surface area (TPSA) is 532 Å². The van der Waals surface area contributed by atoms with Crippen LogP contribution >= 0.6 is 0 Å². The molecule has 5 aliphatic rings. The van der Waals surface area contributed by atoms with Crippen molar-refractivity contribution in [2.75, 3.05) is 39.6 Å². The zero-order valence-corrected chi connectivity index (χ0v) is 38.9. The predicted molar refractivity (Wildman–Crippen MR) is 224 cm³/mol. The Labute approximate surface area is 413 Å². The Morgan fingerprint density at radius 3 is 1.33 bits per heavy atom. The highest BCUT2D eigenvalue weighted by Crippen LogP contribution is 2.36. The molecule has 0 spiro atoms. The molecular weight excluding hydrogens is 1000 g/mol. The van der Waals surface area contributed by atoms with Gasteiger partial charge in [0.25, 0.3) is 0 Å². The van der Waals surface area contributed by atoms with Crippen molar-refractivity contribution in [1.29, 1.82) is 0 Å². The largest absolute Gasteiger partial charge is 0.394 e. The zero-order chi connectivity index (χ0) is 54.3. The molecule has 0 saturated carbocycles. The number of nitrogens with one attached hydrogen (secondary N) is 2. The molecule has 5 fully saturated rings. The Morgan fingerprint density at radius 1 is 0.466 bits per heavy atom. The van der Waals surface area contributed by atoms with Crippen LogP contribution in [0.1, 0.15) is 13.8 Å². The van der Waals surface area contributed by atoms with Crippen LogP contribution in [0.15, 0.2) is 0 Å². The number of aliphatic hydroxyl groups is 18. The summed E-state index contributed by atoms with van der Waals surface area (Å²) in [5.41, 5.74) is 0. The summed E-state index contributed by atoms with van der Waals surface area (Å²) in [5.74, 6) is -1.74. The summed E-state index contributed by atoms with van der Waals surface area (Å²) in [6.07, 6.45) is -53.6. The lowest BCUT2D eigenvalue weighted by atomic mass is 9.93. The van der Waals surface area contributed by atoms with Crippen LogP contribution in [-0.2, 0) is 61.8 Å². The van der Waals surface area contributed by atoms with Gasteiger partial charge in [0, 0.05) is 13.8 Å². The molecule has 5 heterocycles. The van der Waals surface area contributed by atoms with Gasteiger partial charge in [-0.05, 0) is 0 Å². The smallest absolute Gasteiger partial charge is 0.217 e. The molecule has 33 heteroatoms. The number of hydrogen-bond acceptors (Lipinski definition) is 31. The molecule has 2 amide bonds. The number of hydrogen-bond donors (Lipinski definition) is 20. The van der Waals surface area contributed by atoms with E-state index in [-0.39, 0.29) is 6.29 Å². The summed E-state index contributed by atoms with van der Waals surface area (Å²) in [6, 6.07) is -3.58. The van der Waals surface area contributed by atoms with Gasteiger partial charge in [-0.15, -0.1) is 0 Å². The number of carbonyl (C=O) groups excluding carboxylic acids is 3. The molecule has 0 aromatic heterocycles. The number of carbonyl (C=O) groups is 3. The molecule has 0 aromatic carbocycles. The van der Waals surface area contributed by atoms with E-state index >= 15 is 0 Å². The Bertz CT molecular complexity index is 1730. The van der Waals surface area contributed by atoms with Crippen LogP contribution < -0.4 is 10.6 Å². The highest BCUT2D eigenvalue weighted by Gasteiger charge is 2.58. The quantitative estimate of drug-likeness (QED) is 0.0448. The number of ether oxygens (including phenoxy) is 10. The van der Waals surface area contributed by atoms with Crippen LogP contribution in [0.5, 0.6) is 0 Å². The molecule has 0 aliphatic carbocycles. The van der Waals surface area contributed by atoms with Gasteiger partial charge in [0.1, 0.15) is 146 Å². The molecule has 0 radical (unpaired) electrons. The molecule has 29 atom stereocenters. The van der Waals surface area contributed by atoms with Crippen LogP contribution in [0.2, 0.25) is 0 Å². The zero-order valence-electron chi connectivity index (χ0n) is 38.9. The monoisotopic (exact) mass is 1070 g/mol. The Hall–Kier alpha value is -2.51. The van der Waals surface area contributed by atoms with E-state index in [1.807, 2.05) is 0 Å². The van der Waals surface area contributed by atoms with Crippen LogP contribution in [-0.4, -0.2) is 327 Å². The Kier molecular flexibility index (Phi) is 22.8. The molecule has 0 bridgehead atoms. The molecule has 5 rings (SSSR count). The fourth-order valence-corrected chi connectivity index (χ4v) is 8.86. The Morgan fingerprint density at radius 2 is 0.849 bits per heavy atom. The first-order valence-corrected chi connectivity index (χ1v) is 22.9. The molecule has 29 unspecified atom stereocenters. The van der Waals surface area contributed by atoms with Gasteiger partial charge in [0.05, 0.1) is 39.6 Å². The van der Waals surface area contributed by atoms with E-state index in [0.717, 1.165) is 13.8 Å². The third kappa shape index (κ3) is 13.8. The molecular formula is C40H68N2O31. The minimum Gasteiger partial charge on any atom is -0.394 e. The maximum atomic E-state index is 12.6. The van der Waals surface area contributed by atoms with Crippen molar-refractivity contribution in [3.05, 3.63) is 0 Å².